The lowest BCUT2D eigenvalue weighted by Crippen LogP contribution is -3.07. The number of rotatable bonds is 2. The number of β-lactam (4-membered cyclic amide) rings is 1. The standard InChI is InChI=1S/C12H9N3O3S2/c16-10-7(11-15(10)8(3-20-11)12(17)18)1-6-2-14-5-19-4-9(14)13-6/h1-3,11H,4-5H2,(H,17,18)/p+1/t11-/m1/s1. The van der Waals surface area contributed by atoms with Crippen LogP contribution in [0.15, 0.2) is 39.6 Å². The van der Waals surface area contributed by atoms with Crippen LogP contribution in [0.5, 0.6) is 0 Å². The molecule has 2 N–H and O–H groups in total. The Bertz CT molecular complexity index is 665. The van der Waals surface area contributed by atoms with E-state index in [1.54, 1.807) is 6.08 Å². The van der Waals surface area contributed by atoms with Crippen LogP contribution >= 0.6 is 23.5 Å². The van der Waals surface area contributed by atoms with Gasteiger partial charge in [-0.05, 0) is 6.08 Å². The Hall–Kier alpha value is -1.51. The first-order valence-electron chi connectivity index (χ1n) is 6.02. The molecule has 4 rings (SSSR count). The second kappa shape index (κ2) is 4.24. The van der Waals surface area contributed by atoms with E-state index in [9.17, 15) is 9.59 Å². The van der Waals surface area contributed by atoms with Gasteiger partial charge in [-0.2, -0.15) is 4.99 Å². The maximum atomic E-state index is 12.0. The average molecular weight is 308 g/mol. The van der Waals surface area contributed by atoms with Crippen molar-refractivity contribution in [3.05, 3.63) is 34.7 Å². The molecule has 0 saturated carbocycles. The summed E-state index contributed by atoms with van der Waals surface area (Å²) in [7, 11) is 0. The van der Waals surface area contributed by atoms with Crippen molar-refractivity contribution in [3.8, 4) is 0 Å². The molecule has 2 atom stereocenters. The van der Waals surface area contributed by atoms with E-state index < -0.39 is 5.97 Å². The van der Waals surface area contributed by atoms with E-state index in [0.717, 1.165) is 23.2 Å². The van der Waals surface area contributed by atoms with Crippen molar-refractivity contribution >= 4 is 41.2 Å². The first-order valence-corrected chi connectivity index (χ1v) is 8.12. The van der Waals surface area contributed by atoms with Gasteiger partial charge in [0, 0.05) is 5.41 Å². The molecule has 2 fully saturated rings. The Morgan fingerprint density at radius 1 is 1.60 bits per heavy atom. The van der Waals surface area contributed by atoms with Gasteiger partial charge in [-0.25, -0.2) is 4.79 Å². The maximum absolute atomic E-state index is 12.0. The van der Waals surface area contributed by atoms with Crippen LogP contribution < -0.4 is 4.90 Å². The Kier molecular flexibility index (Phi) is 2.60. The molecule has 20 heavy (non-hydrogen) atoms. The van der Waals surface area contributed by atoms with Gasteiger partial charge in [0.2, 0.25) is 5.84 Å². The van der Waals surface area contributed by atoms with Crippen molar-refractivity contribution in [1.29, 1.82) is 0 Å². The molecule has 6 nitrogen and oxygen atoms in total. The first kappa shape index (κ1) is 12.2. The van der Waals surface area contributed by atoms with Crippen LogP contribution in [0.1, 0.15) is 0 Å². The van der Waals surface area contributed by atoms with Gasteiger partial charge in [-0.3, -0.25) is 14.6 Å². The third-order valence-electron chi connectivity index (χ3n) is 3.51. The number of nitrogens with one attached hydrogen (secondary N) is 1. The summed E-state index contributed by atoms with van der Waals surface area (Å²) in [6.45, 7) is 0. The smallest absolute Gasteiger partial charge is 0.353 e. The number of quaternary nitrogens is 1. The summed E-state index contributed by atoms with van der Waals surface area (Å²) in [6, 6.07) is 0. The van der Waals surface area contributed by atoms with E-state index in [-0.39, 0.29) is 17.0 Å². The second-order valence-electron chi connectivity index (χ2n) is 4.72. The van der Waals surface area contributed by atoms with Crippen molar-refractivity contribution in [2.75, 3.05) is 11.6 Å². The predicted octanol–water partition coefficient (Wildman–Crippen LogP) is -0.403. The molecule has 0 aromatic rings. The molecule has 0 aromatic carbocycles. The molecule has 0 spiro atoms. The minimum Gasteiger partial charge on any atom is -0.477 e. The lowest BCUT2D eigenvalue weighted by molar-refractivity contribution is -0.724. The van der Waals surface area contributed by atoms with Crippen LogP contribution in [-0.2, 0) is 9.59 Å². The van der Waals surface area contributed by atoms with Gasteiger partial charge in [0.25, 0.3) is 5.91 Å². The maximum Gasteiger partial charge on any atom is 0.353 e. The van der Waals surface area contributed by atoms with Crippen LogP contribution in [0, 0.1) is 0 Å². The highest BCUT2D eigenvalue weighted by Crippen LogP contribution is 2.44. The van der Waals surface area contributed by atoms with Gasteiger partial charge >= 0.3 is 5.97 Å². The van der Waals surface area contributed by atoms with Crippen LogP contribution in [0.3, 0.4) is 0 Å². The summed E-state index contributed by atoms with van der Waals surface area (Å²) in [5, 5.41) is 10.3. The van der Waals surface area contributed by atoms with Gasteiger partial charge in [0.05, 0.1) is 11.3 Å². The molecule has 102 valence electrons. The molecule has 1 unspecified atom stereocenters. The number of carbonyl (C=O) groups is 2. The summed E-state index contributed by atoms with van der Waals surface area (Å²) in [5.41, 5.74) is 1.51. The normalized spacial score (nSPS) is 32.6. The summed E-state index contributed by atoms with van der Waals surface area (Å²) in [5.74, 6) is 1.73. The monoisotopic (exact) mass is 308 g/mol. The van der Waals surface area contributed by atoms with Crippen LogP contribution in [0.2, 0.25) is 0 Å². The lowest BCUT2D eigenvalue weighted by atomic mass is 10.0. The van der Waals surface area contributed by atoms with Crippen LogP contribution in [-0.4, -0.2) is 44.7 Å². The number of fused-ring (bicyclic) bond motifs is 2. The van der Waals surface area contributed by atoms with Gasteiger partial charge < -0.3 is 5.11 Å². The SMILES string of the molecule is O=C(O)C1=CS[C@@H]2C(=CC3=C[NH+]4CSCC4=N3)C(=O)N12. The molecule has 2 saturated heterocycles. The third kappa shape index (κ3) is 1.62. The summed E-state index contributed by atoms with van der Waals surface area (Å²) in [6.07, 6.45) is 3.81. The lowest BCUT2D eigenvalue weighted by Gasteiger charge is -2.36. The number of amidine groups is 1. The molecule has 4 aliphatic rings. The first-order chi connectivity index (χ1) is 9.65. The van der Waals surface area contributed by atoms with Crippen molar-refractivity contribution in [2.24, 2.45) is 4.99 Å². The zero-order valence-electron chi connectivity index (χ0n) is 10.2. The highest BCUT2D eigenvalue weighted by atomic mass is 32.2. The number of hydrogen-bond donors (Lipinski definition) is 2. The zero-order valence-corrected chi connectivity index (χ0v) is 11.8. The Morgan fingerprint density at radius 2 is 2.45 bits per heavy atom. The Balaban J connectivity index is 1.57. The van der Waals surface area contributed by atoms with Crippen molar-refractivity contribution < 1.29 is 19.6 Å². The molecule has 4 heterocycles. The minimum atomic E-state index is -1.06. The quantitative estimate of drug-likeness (QED) is 0.536. The number of aliphatic carboxylic acids is 1. The van der Waals surface area contributed by atoms with Gasteiger partial charge in [-0.1, -0.05) is 11.8 Å². The molecule has 4 aliphatic heterocycles. The topological polar surface area (TPSA) is 74.4 Å². The van der Waals surface area contributed by atoms with Gasteiger partial charge in [-0.15, -0.1) is 11.8 Å². The predicted molar refractivity (Wildman–Crippen MR) is 75.8 cm³/mol. The minimum absolute atomic E-state index is 0.0662. The number of thioether (sulfide) groups is 2. The van der Waals surface area contributed by atoms with Crippen molar-refractivity contribution in [2.45, 2.75) is 5.37 Å². The van der Waals surface area contributed by atoms with Crippen LogP contribution in [0.4, 0.5) is 0 Å². The Labute approximate surface area is 122 Å². The summed E-state index contributed by atoms with van der Waals surface area (Å²) >= 11 is 3.19. The van der Waals surface area contributed by atoms with E-state index in [1.165, 1.54) is 27.0 Å². The number of aliphatic imine (C=N–C) groups is 1. The summed E-state index contributed by atoms with van der Waals surface area (Å²) in [4.78, 5) is 30.1. The van der Waals surface area contributed by atoms with Crippen molar-refractivity contribution in [1.82, 2.24) is 4.90 Å². The number of amides is 1. The van der Waals surface area contributed by atoms with E-state index in [0.29, 0.717) is 5.57 Å². The summed E-state index contributed by atoms with van der Waals surface area (Å²) < 4.78 is 0. The molecule has 0 bridgehead atoms. The fourth-order valence-corrected chi connectivity index (χ4v) is 4.66. The van der Waals surface area contributed by atoms with E-state index in [1.807, 2.05) is 18.0 Å². The number of allylic oxidation sites excluding steroid dienone is 1. The molecule has 0 radical (unpaired) electrons. The number of carbonyl (C=O) groups excluding carboxylic acids is 1. The number of nitrogens with zero attached hydrogens (tertiary/aromatic N) is 2. The molecular formula is C12H10N3O3S2+. The highest BCUT2D eigenvalue weighted by molar-refractivity contribution is 8.03. The highest BCUT2D eigenvalue weighted by Gasteiger charge is 2.49. The van der Waals surface area contributed by atoms with Gasteiger partial charge in [0.1, 0.15) is 28.8 Å². The number of carboxylic acid groups (broad SMARTS) is 1. The average Bonchev–Trinajstić information content (AvgIpc) is 3.07. The molecule has 0 aliphatic carbocycles. The van der Waals surface area contributed by atoms with E-state index >= 15 is 0 Å². The fourth-order valence-electron chi connectivity index (χ4n) is 2.53. The number of carboxylic acids is 1. The molecule has 1 amide bonds. The third-order valence-corrected chi connectivity index (χ3v) is 5.58. The Morgan fingerprint density at radius 3 is 3.20 bits per heavy atom. The molecule has 8 heteroatoms. The zero-order chi connectivity index (χ0) is 13.9. The van der Waals surface area contributed by atoms with E-state index in [2.05, 4.69) is 4.99 Å². The number of hydrogen-bond acceptors (Lipinski definition) is 5. The molecular weight excluding hydrogens is 298 g/mol. The van der Waals surface area contributed by atoms with Crippen molar-refractivity contribution in [3.63, 3.8) is 0 Å². The van der Waals surface area contributed by atoms with E-state index in [4.69, 9.17) is 5.11 Å². The molecule has 0 aromatic heterocycles. The van der Waals surface area contributed by atoms with Crippen LogP contribution in [0.25, 0.3) is 0 Å². The second-order valence-corrected chi connectivity index (χ2v) is 6.66. The van der Waals surface area contributed by atoms with Gasteiger partial charge in [0.15, 0.2) is 0 Å². The largest absolute Gasteiger partial charge is 0.477 e. The fraction of sp³-hybridized carbons (Fsp3) is 0.250.